The van der Waals surface area contributed by atoms with Gasteiger partial charge in [0, 0.05) is 24.5 Å². The maximum Gasteiger partial charge on any atom is 0.251 e. The van der Waals surface area contributed by atoms with Crippen LogP contribution in [0.2, 0.25) is 0 Å². The zero-order chi connectivity index (χ0) is 18.8. The molecule has 0 bridgehead atoms. The molecule has 0 spiro atoms. The van der Waals surface area contributed by atoms with Gasteiger partial charge < -0.3 is 14.9 Å². The van der Waals surface area contributed by atoms with Crippen LogP contribution in [-0.2, 0) is 24.8 Å². The Morgan fingerprint density at radius 3 is 2.78 bits per heavy atom. The van der Waals surface area contributed by atoms with Crippen molar-refractivity contribution >= 4 is 27.8 Å². The monoisotopic (exact) mass is 360 g/mol. The number of aryl methyl sites for hydroxylation is 2. The molecule has 4 rings (SSSR count). The first kappa shape index (κ1) is 17.0. The third-order valence-corrected chi connectivity index (χ3v) is 4.78. The van der Waals surface area contributed by atoms with Crippen LogP contribution in [0.5, 0.6) is 0 Å². The van der Waals surface area contributed by atoms with E-state index >= 15 is 0 Å². The van der Waals surface area contributed by atoms with Crippen molar-refractivity contribution in [3.05, 3.63) is 76.3 Å². The van der Waals surface area contributed by atoms with E-state index < -0.39 is 0 Å². The van der Waals surface area contributed by atoms with Gasteiger partial charge in [0.05, 0.1) is 17.6 Å². The topological polar surface area (TPSA) is 79.8 Å². The molecular formula is C21H20N4O2. The number of hydrogen-bond acceptors (Lipinski definition) is 3. The Labute approximate surface area is 155 Å². The van der Waals surface area contributed by atoms with Gasteiger partial charge in [-0.25, -0.2) is 4.98 Å². The first-order valence-corrected chi connectivity index (χ1v) is 8.90. The van der Waals surface area contributed by atoms with Crippen molar-refractivity contribution in [1.82, 2.24) is 19.9 Å². The molecule has 0 radical (unpaired) electrons. The number of nitrogens with one attached hydrogen (secondary N) is 2. The van der Waals surface area contributed by atoms with Gasteiger partial charge in [0.2, 0.25) is 5.91 Å². The largest absolute Gasteiger partial charge is 0.349 e. The highest BCUT2D eigenvalue weighted by Crippen LogP contribution is 2.14. The van der Waals surface area contributed by atoms with E-state index in [0.717, 1.165) is 27.8 Å². The van der Waals surface area contributed by atoms with E-state index in [1.54, 1.807) is 0 Å². The summed E-state index contributed by atoms with van der Waals surface area (Å²) in [6.45, 7) is 0.359. The van der Waals surface area contributed by atoms with Gasteiger partial charge in [-0.2, -0.15) is 0 Å². The van der Waals surface area contributed by atoms with Crippen molar-refractivity contribution in [2.24, 2.45) is 7.05 Å². The molecule has 2 aromatic heterocycles. The Bertz CT molecular complexity index is 1190. The second-order valence-corrected chi connectivity index (χ2v) is 6.56. The van der Waals surface area contributed by atoms with Crippen LogP contribution in [0.25, 0.3) is 21.9 Å². The van der Waals surface area contributed by atoms with Gasteiger partial charge in [0.15, 0.2) is 0 Å². The van der Waals surface area contributed by atoms with Crippen LogP contribution in [0.3, 0.4) is 0 Å². The number of imidazole rings is 1. The van der Waals surface area contributed by atoms with Gasteiger partial charge in [0.1, 0.15) is 5.82 Å². The SMILES string of the molecule is Cn1c(CNC(=O)CCc2cc3ccccc3[nH]c2=O)nc2ccccc21. The van der Waals surface area contributed by atoms with E-state index in [1.807, 2.05) is 66.2 Å². The minimum Gasteiger partial charge on any atom is -0.349 e. The Morgan fingerprint density at radius 2 is 1.93 bits per heavy atom. The lowest BCUT2D eigenvalue weighted by molar-refractivity contribution is -0.121. The standard InChI is InChI=1S/C21H20N4O2/c1-25-18-9-5-4-8-17(18)23-19(25)13-22-20(26)11-10-15-12-14-6-2-3-7-16(14)24-21(15)27/h2-9,12H,10-11,13H2,1H3,(H,22,26)(H,24,27). The fourth-order valence-corrected chi connectivity index (χ4v) is 3.25. The molecule has 0 aliphatic rings. The van der Waals surface area contributed by atoms with Crippen LogP contribution in [0.15, 0.2) is 59.4 Å². The second kappa shape index (κ2) is 7.07. The molecule has 2 aromatic carbocycles. The zero-order valence-corrected chi connectivity index (χ0v) is 15.0. The predicted molar refractivity (Wildman–Crippen MR) is 105 cm³/mol. The lowest BCUT2D eigenvalue weighted by Gasteiger charge is -2.06. The number of hydrogen-bond donors (Lipinski definition) is 2. The van der Waals surface area contributed by atoms with Crippen LogP contribution in [0.4, 0.5) is 0 Å². The number of fused-ring (bicyclic) bond motifs is 2. The number of carbonyl (C=O) groups excluding carboxylic acids is 1. The number of rotatable bonds is 5. The van der Waals surface area contributed by atoms with Gasteiger partial charge in [-0.3, -0.25) is 9.59 Å². The van der Waals surface area contributed by atoms with Crippen LogP contribution < -0.4 is 10.9 Å². The maximum atomic E-state index is 12.2. The summed E-state index contributed by atoms with van der Waals surface area (Å²) in [5.41, 5.74) is 3.22. The first-order valence-electron chi connectivity index (χ1n) is 8.90. The molecule has 0 unspecified atom stereocenters. The Morgan fingerprint density at radius 1 is 1.15 bits per heavy atom. The van der Waals surface area contributed by atoms with Crippen LogP contribution in [0.1, 0.15) is 17.8 Å². The summed E-state index contributed by atoms with van der Waals surface area (Å²) >= 11 is 0. The first-order chi connectivity index (χ1) is 13.1. The molecule has 0 atom stereocenters. The molecular weight excluding hydrogens is 340 g/mol. The summed E-state index contributed by atoms with van der Waals surface area (Å²) in [7, 11) is 1.94. The molecule has 0 saturated carbocycles. The summed E-state index contributed by atoms with van der Waals surface area (Å²) in [6, 6.07) is 17.3. The van der Waals surface area contributed by atoms with E-state index in [4.69, 9.17) is 0 Å². The van der Waals surface area contributed by atoms with Gasteiger partial charge in [-0.05, 0) is 36.1 Å². The molecule has 136 valence electrons. The highest BCUT2D eigenvalue weighted by molar-refractivity contribution is 5.80. The minimum atomic E-state index is -0.142. The van der Waals surface area contributed by atoms with Crippen molar-refractivity contribution in [1.29, 1.82) is 0 Å². The molecule has 4 aromatic rings. The molecule has 0 saturated heterocycles. The number of amides is 1. The Hall–Kier alpha value is -3.41. The molecule has 6 nitrogen and oxygen atoms in total. The summed E-state index contributed by atoms with van der Waals surface area (Å²) < 4.78 is 1.98. The number of para-hydroxylation sites is 3. The maximum absolute atomic E-state index is 12.2. The number of pyridine rings is 1. The highest BCUT2D eigenvalue weighted by atomic mass is 16.1. The molecule has 27 heavy (non-hydrogen) atoms. The van der Waals surface area contributed by atoms with Crippen molar-refractivity contribution in [3.63, 3.8) is 0 Å². The molecule has 0 aliphatic heterocycles. The van der Waals surface area contributed by atoms with Gasteiger partial charge in [-0.1, -0.05) is 30.3 Å². The molecule has 6 heteroatoms. The van der Waals surface area contributed by atoms with Gasteiger partial charge in [0.25, 0.3) is 5.56 Å². The third kappa shape index (κ3) is 3.46. The fraction of sp³-hybridized carbons (Fsp3) is 0.190. The van der Waals surface area contributed by atoms with E-state index in [2.05, 4.69) is 15.3 Å². The van der Waals surface area contributed by atoms with Crippen molar-refractivity contribution in [2.45, 2.75) is 19.4 Å². The average Bonchev–Trinajstić information content (AvgIpc) is 3.01. The summed E-state index contributed by atoms with van der Waals surface area (Å²) in [4.78, 5) is 31.8. The molecule has 2 N–H and O–H groups in total. The predicted octanol–water partition coefficient (Wildman–Crippen LogP) is 2.66. The minimum absolute atomic E-state index is 0.102. The molecule has 1 amide bonds. The van der Waals surface area contributed by atoms with Crippen molar-refractivity contribution in [2.75, 3.05) is 0 Å². The van der Waals surface area contributed by atoms with Crippen LogP contribution in [0, 0.1) is 0 Å². The number of aromatic nitrogens is 3. The second-order valence-electron chi connectivity index (χ2n) is 6.56. The van der Waals surface area contributed by atoms with E-state index in [-0.39, 0.29) is 17.9 Å². The lowest BCUT2D eigenvalue weighted by Crippen LogP contribution is -2.25. The number of H-pyrrole nitrogens is 1. The summed E-state index contributed by atoms with van der Waals surface area (Å²) in [5, 5.41) is 3.86. The molecule has 2 heterocycles. The number of nitrogens with zero attached hydrogens (tertiary/aromatic N) is 2. The Balaban J connectivity index is 1.40. The zero-order valence-electron chi connectivity index (χ0n) is 15.0. The van der Waals surface area contributed by atoms with E-state index in [1.165, 1.54) is 0 Å². The van der Waals surface area contributed by atoms with Crippen molar-refractivity contribution < 1.29 is 4.79 Å². The fourth-order valence-electron chi connectivity index (χ4n) is 3.25. The summed E-state index contributed by atoms with van der Waals surface area (Å²) in [6.07, 6.45) is 0.653. The normalized spacial score (nSPS) is 11.1. The third-order valence-electron chi connectivity index (χ3n) is 4.78. The van der Waals surface area contributed by atoms with Gasteiger partial charge >= 0.3 is 0 Å². The van der Waals surface area contributed by atoms with E-state index in [0.29, 0.717) is 18.5 Å². The smallest absolute Gasteiger partial charge is 0.251 e. The van der Waals surface area contributed by atoms with Crippen molar-refractivity contribution in [3.8, 4) is 0 Å². The molecule has 0 fully saturated rings. The molecule has 0 aliphatic carbocycles. The average molecular weight is 360 g/mol. The lowest BCUT2D eigenvalue weighted by atomic mass is 10.1. The summed E-state index contributed by atoms with van der Waals surface area (Å²) in [5.74, 6) is 0.697. The van der Waals surface area contributed by atoms with E-state index in [9.17, 15) is 9.59 Å². The van der Waals surface area contributed by atoms with Crippen LogP contribution >= 0.6 is 0 Å². The number of aromatic amines is 1. The Kier molecular flexibility index (Phi) is 4.46. The number of benzene rings is 2. The van der Waals surface area contributed by atoms with Crippen LogP contribution in [-0.4, -0.2) is 20.4 Å². The van der Waals surface area contributed by atoms with Gasteiger partial charge in [-0.15, -0.1) is 0 Å². The highest BCUT2D eigenvalue weighted by Gasteiger charge is 2.10. The quantitative estimate of drug-likeness (QED) is 0.574. The number of carbonyl (C=O) groups is 1.